The molecule has 1 N–H and O–H groups in total. The molecule has 0 saturated carbocycles. The smallest absolute Gasteiger partial charge is 0.322 e. The highest BCUT2D eigenvalue weighted by molar-refractivity contribution is 6.01. The van der Waals surface area contributed by atoms with E-state index in [1.165, 1.54) is 4.90 Å². The number of carbonyl (C=O) groups is 2. The van der Waals surface area contributed by atoms with E-state index in [1.807, 2.05) is 0 Å². The molecule has 0 radical (unpaired) electrons. The highest BCUT2D eigenvalue weighted by Gasteiger charge is 2.41. The maximum absolute atomic E-state index is 12.5. The summed E-state index contributed by atoms with van der Waals surface area (Å²) in [6.45, 7) is 0.426. The van der Waals surface area contributed by atoms with Crippen LogP contribution in [0.4, 0.5) is 4.79 Å². The van der Waals surface area contributed by atoms with Gasteiger partial charge in [0.25, 0.3) is 5.91 Å². The number of nitrogens with one attached hydrogen (secondary N) is 1. The molecule has 1 unspecified atom stereocenters. The van der Waals surface area contributed by atoms with Crippen LogP contribution in [0.1, 0.15) is 11.6 Å². The van der Waals surface area contributed by atoms with Crippen LogP contribution in [-0.2, 0) is 4.79 Å². The van der Waals surface area contributed by atoms with Gasteiger partial charge in [0.15, 0.2) is 0 Å². The van der Waals surface area contributed by atoms with Gasteiger partial charge in [-0.3, -0.25) is 9.69 Å². The lowest BCUT2D eigenvalue weighted by Crippen LogP contribution is -2.45. The molecule has 1 aromatic carbocycles. The monoisotopic (exact) mass is 317 g/mol. The van der Waals surface area contributed by atoms with E-state index in [2.05, 4.69) is 5.32 Å². The Morgan fingerprint density at radius 1 is 1.09 bits per heavy atom. The third-order valence-corrected chi connectivity index (χ3v) is 4.25. The lowest BCUT2D eigenvalue weighted by atomic mass is 9.95. The van der Waals surface area contributed by atoms with Gasteiger partial charge in [0.05, 0.1) is 38.1 Å². The van der Waals surface area contributed by atoms with Crippen molar-refractivity contribution in [3.05, 3.63) is 35.0 Å². The summed E-state index contributed by atoms with van der Waals surface area (Å²) in [7, 11) is 6.51. The first-order valence-electron chi connectivity index (χ1n) is 7.22. The summed E-state index contributed by atoms with van der Waals surface area (Å²) in [5, 5.41) is 2.88. The summed E-state index contributed by atoms with van der Waals surface area (Å²) in [5.41, 5.74) is 2.07. The molecular formula is C16H19N3O4. The SMILES string of the molecule is COc1cc(OC)cc(C2NC(=O)N(C)C3=C2C(=O)N(C)C3)c1. The van der Waals surface area contributed by atoms with Crippen LogP contribution in [0.15, 0.2) is 29.5 Å². The molecule has 3 amide bonds. The minimum atomic E-state index is -0.518. The number of urea groups is 1. The van der Waals surface area contributed by atoms with Crippen LogP contribution in [0.2, 0.25) is 0 Å². The lowest BCUT2D eigenvalue weighted by molar-refractivity contribution is -0.124. The molecule has 23 heavy (non-hydrogen) atoms. The van der Waals surface area contributed by atoms with Crippen LogP contribution in [-0.4, -0.2) is 56.6 Å². The molecule has 1 aromatic rings. The summed E-state index contributed by atoms with van der Waals surface area (Å²) in [4.78, 5) is 27.8. The van der Waals surface area contributed by atoms with Gasteiger partial charge >= 0.3 is 6.03 Å². The topological polar surface area (TPSA) is 71.1 Å². The van der Waals surface area contributed by atoms with E-state index >= 15 is 0 Å². The quantitative estimate of drug-likeness (QED) is 0.907. The van der Waals surface area contributed by atoms with E-state index in [4.69, 9.17) is 9.47 Å². The van der Waals surface area contributed by atoms with Crippen LogP contribution in [0.5, 0.6) is 11.5 Å². The van der Waals surface area contributed by atoms with Gasteiger partial charge in [0.1, 0.15) is 11.5 Å². The van der Waals surface area contributed by atoms with Crippen LogP contribution in [0.25, 0.3) is 0 Å². The number of hydrogen-bond acceptors (Lipinski definition) is 4. The predicted molar refractivity (Wildman–Crippen MR) is 83.2 cm³/mol. The first-order valence-corrected chi connectivity index (χ1v) is 7.22. The zero-order chi connectivity index (χ0) is 16.7. The summed E-state index contributed by atoms with van der Waals surface area (Å²) >= 11 is 0. The van der Waals surface area contributed by atoms with Gasteiger partial charge in [-0.05, 0) is 17.7 Å². The Bertz CT molecular complexity index is 691. The Kier molecular flexibility index (Phi) is 3.63. The Morgan fingerprint density at radius 3 is 2.26 bits per heavy atom. The van der Waals surface area contributed by atoms with Crippen molar-refractivity contribution in [3.8, 4) is 11.5 Å². The van der Waals surface area contributed by atoms with Crippen molar-refractivity contribution in [1.82, 2.24) is 15.1 Å². The molecule has 0 fully saturated rings. The van der Waals surface area contributed by atoms with E-state index in [0.717, 1.165) is 11.3 Å². The van der Waals surface area contributed by atoms with Gasteiger partial charge in [-0.15, -0.1) is 0 Å². The molecule has 2 heterocycles. The first kappa shape index (κ1) is 15.2. The molecule has 7 heteroatoms. The molecular weight excluding hydrogens is 298 g/mol. The number of amides is 3. The van der Waals surface area contributed by atoms with Crippen LogP contribution in [0.3, 0.4) is 0 Å². The van der Waals surface area contributed by atoms with Gasteiger partial charge in [-0.25, -0.2) is 4.79 Å². The van der Waals surface area contributed by atoms with Gasteiger partial charge in [-0.2, -0.15) is 0 Å². The molecule has 0 bridgehead atoms. The third-order valence-electron chi connectivity index (χ3n) is 4.25. The highest BCUT2D eigenvalue weighted by atomic mass is 16.5. The summed E-state index contributed by atoms with van der Waals surface area (Å²) < 4.78 is 10.6. The number of benzene rings is 1. The molecule has 1 atom stereocenters. The number of likely N-dealkylation sites (N-methyl/N-ethyl adjacent to an activating group) is 2. The van der Waals surface area contributed by atoms with Crippen molar-refractivity contribution in [1.29, 1.82) is 0 Å². The standard InChI is InChI=1S/C16H19N3O4/c1-18-8-12-13(15(18)20)14(17-16(21)19(12)2)9-5-10(22-3)7-11(6-9)23-4/h5-7,14H,8H2,1-4H3,(H,17,21). The van der Waals surface area contributed by atoms with E-state index < -0.39 is 6.04 Å². The Labute approximate surface area is 134 Å². The lowest BCUT2D eigenvalue weighted by Gasteiger charge is -2.31. The highest BCUT2D eigenvalue weighted by Crippen LogP contribution is 2.37. The van der Waals surface area contributed by atoms with Crippen molar-refractivity contribution in [2.45, 2.75) is 6.04 Å². The van der Waals surface area contributed by atoms with E-state index in [1.54, 1.807) is 51.4 Å². The fourth-order valence-corrected chi connectivity index (χ4v) is 2.95. The molecule has 7 nitrogen and oxygen atoms in total. The van der Waals surface area contributed by atoms with Crippen molar-refractivity contribution in [2.24, 2.45) is 0 Å². The minimum absolute atomic E-state index is 0.0846. The van der Waals surface area contributed by atoms with Crippen molar-refractivity contribution < 1.29 is 19.1 Å². The second-order valence-electron chi connectivity index (χ2n) is 5.61. The average molecular weight is 317 g/mol. The summed E-state index contributed by atoms with van der Waals surface area (Å²) in [6, 6.07) is 4.59. The number of methoxy groups -OCH3 is 2. The average Bonchev–Trinajstić information content (AvgIpc) is 2.86. The maximum Gasteiger partial charge on any atom is 0.322 e. The Balaban J connectivity index is 2.12. The van der Waals surface area contributed by atoms with E-state index in [0.29, 0.717) is 23.6 Å². The Morgan fingerprint density at radius 2 is 1.70 bits per heavy atom. The molecule has 122 valence electrons. The van der Waals surface area contributed by atoms with Gasteiger partial charge in [0, 0.05) is 20.2 Å². The maximum atomic E-state index is 12.5. The predicted octanol–water partition coefficient (Wildman–Crippen LogP) is 1.13. The van der Waals surface area contributed by atoms with E-state index in [-0.39, 0.29) is 11.9 Å². The van der Waals surface area contributed by atoms with Crippen LogP contribution >= 0.6 is 0 Å². The van der Waals surface area contributed by atoms with E-state index in [9.17, 15) is 9.59 Å². The second-order valence-corrected chi connectivity index (χ2v) is 5.61. The summed E-state index contributed by atoms with van der Waals surface area (Å²) in [5.74, 6) is 1.13. The number of hydrogen-bond donors (Lipinski definition) is 1. The number of carbonyl (C=O) groups excluding carboxylic acids is 2. The van der Waals surface area contributed by atoms with Crippen molar-refractivity contribution >= 4 is 11.9 Å². The molecule has 0 spiro atoms. The molecule has 2 aliphatic rings. The fraction of sp³-hybridized carbons (Fsp3) is 0.375. The van der Waals surface area contributed by atoms with Crippen LogP contribution < -0.4 is 14.8 Å². The molecule has 2 aliphatic heterocycles. The fourth-order valence-electron chi connectivity index (χ4n) is 2.95. The Hall–Kier alpha value is -2.70. The van der Waals surface area contributed by atoms with Crippen LogP contribution in [0, 0.1) is 0 Å². The molecule has 0 aliphatic carbocycles. The number of rotatable bonds is 3. The second kappa shape index (κ2) is 5.49. The van der Waals surface area contributed by atoms with Crippen molar-refractivity contribution in [3.63, 3.8) is 0 Å². The molecule has 3 rings (SSSR count). The number of ether oxygens (including phenoxy) is 2. The van der Waals surface area contributed by atoms with Gasteiger partial charge in [-0.1, -0.05) is 0 Å². The van der Waals surface area contributed by atoms with Gasteiger partial charge in [0.2, 0.25) is 0 Å². The number of nitrogens with zero attached hydrogens (tertiary/aromatic N) is 2. The zero-order valence-electron chi connectivity index (χ0n) is 13.5. The minimum Gasteiger partial charge on any atom is -0.497 e. The largest absolute Gasteiger partial charge is 0.497 e. The van der Waals surface area contributed by atoms with Gasteiger partial charge < -0.3 is 19.7 Å². The molecule has 0 aromatic heterocycles. The first-order chi connectivity index (χ1) is 11.0. The van der Waals surface area contributed by atoms with Crippen molar-refractivity contribution in [2.75, 3.05) is 34.9 Å². The zero-order valence-corrected chi connectivity index (χ0v) is 13.5. The third kappa shape index (κ3) is 2.38. The molecule has 0 saturated heterocycles. The normalized spacial score (nSPS) is 20.6. The summed E-state index contributed by atoms with van der Waals surface area (Å²) in [6.07, 6.45) is 0.